The fourth-order valence-corrected chi connectivity index (χ4v) is 1.51. The summed E-state index contributed by atoms with van der Waals surface area (Å²) in [4.78, 5) is 21.7. The highest BCUT2D eigenvalue weighted by molar-refractivity contribution is 7.80. The smallest absolute Gasteiger partial charge is 0.335 e. The minimum Gasteiger partial charge on any atom is -0.495 e. The van der Waals surface area contributed by atoms with Crippen LogP contribution in [0, 0.1) is 0 Å². The van der Waals surface area contributed by atoms with Gasteiger partial charge in [0.2, 0.25) is 5.91 Å². The third kappa shape index (κ3) is 3.70. The molecule has 96 valence electrons. The van der Waals surface area contributed by atoms with Crippen molar-refractivity contribution in [2.24, 2.45) is 0 Å². The molecule has 0 aliphatic rings. The van der Waals surface area contributed by atoms with Gasteiger partial charge < -0.3 is 20.5 Å². The number of aromatic carboxylic acids is 1. The Kier molecular flexibility index (Phi) is 4.61. The monoisotopic (exact) mass is 268 g/mol. The molecule has 0 spiro atoms. The van der Waals surface area contributed by atoms with Gasteiger partial charge in [-0.1, -0.05) is 0 Å². The van der Waals surface area contributed by atoms with Crippen molar-refractivity contribution in [3.05, 3.63) is 23.8 Å². The summed E-state index contributed by atoms with van der Waals surface area (Å²) in [5, 5.41) is 14.0. The molecule has 1 rings (SSSR count). The van der Waals surface area contributed by atoms with Crippen LogP contribution in [0.3, 0.4) is 0 Å². The summed E-state index contributed by atoms with van der Waals surface area (Å²) in [7, 11) is 1.45. The van der Waals surface area contributed by atoms with Crippen LogP contribution in [0.15, 0.2) is 18.2 Å². The molecule has 0 atom stereocenters. The predicted molar refractivity (Wildman–Crippen MR) is 70.0 cm³/mol. The molecule has 0 radical (unpaired) electrons. The van der Waals surface area contributed by atoms with E-state index in [1.165, 1.54) is 32.2 Å². The number of hydrogen-bond donors (Lipinski definition) is 3. The Hall–Kier alpha value is -2.15. The van der Waals surface area contributed by atoms with Crippen molar-refractivity contribution in [3.8, 4) is 5.75 Å². The van der Waals surface area contributed by atoms with Crippen molar-refractivity contribution in [2.45, 2.75) is 6.92 Å². The van der Waals surface area contributed by atoms with Crippen LogP contribution in [0.4, 0.5) is 5.69 Å². The Balaban J connectivity index is 2.97. The van der Waals surface area contributed by atoms with Crippen LogP contribution in [0.25, 0.3) is 0 Å². The second-order valence-corrected chi connectivity index (χ2v) is 3.76. The lowest BCUT2D eigenvalue weighted by Crippen LogP contribution is -2.32. The zero-order valence-electron chi connectivity index (χ0n) is 9.81. The predicted octanol–water partition coefficient (Wildman–Crippen LogP) is 1.23. The second-order valence-electron chi connectivity index (χ2n) is 3.36. The maximum Gasteiger partial charge on any atom is 0.335 e. The highest BCUT2D eigenvalue weighted by Crippen LogP contribution is 2.25. The molecule has 18 heavy (non-hydrogen) atoms. The molecule has 0 fully saturated rings. The number of amides is 1. The summed E-state index contributed by atoms with van der Waals surface area (Å²) in [6.45, 7) is 1.32. The van der Waals surface area contributed by atoms with E-state index in [0.717, 1.165) is 0 Å². The molecule has 0 bridgehead atoms. The van der Waals surface area contributed by atoms with Crippen LogP contribution in [-0.4, -0.2) is 29.2 Å². The molecule has 1 aromatic rings. The molecule has 0 aliphatic carbocycles. The lowest BCUT2D eigenvalue weighted by Gasteiger charge is -2.12. The summed E-state index contributed by atoms with van der Waals surface area (Å²) in [6, 6.07) is 4.28. The van der Waals surface area contributed by atoms with Crippen LogP contribution >= 0.6 is 12.2 Å². The SMILES string of the molecule is COc1ccc(C(=O)O)cc1NC(=S)NC(C)=O. The number of anilines is 1. The number of nitrogens with one attached hydrogen (secondary N) is 2. The van der Waals surface area contributed by atoms with Gasteiger partial charge in [-0.2, -0.15) is 0 Å². The molecule has 1 aromatic carbocycles. The van der Waals surface area contributed by atoms with Crippen molar-refractivity contribution in [1.82, 2.24) is 5.32 Å². The minimum atomic E-state index is -1.06. The summed E-state index contributed by atoms with van der Waals surface area (Å²) in [5.74, 6) is -0.959. The molecule has 0 aliphatic heterocycles. The van der Waals surface area contributed by atoms with Crippen molar-refractivity contribution in [1.29, 1.82) is 0 Å². The van der Waals surface area contributed by atoms with Crippen LogP contribution in [0.1, 0.15) is 17.3 Å². The topological polar surface area (TPSA) is 87.7 Å². The van der Waals surface area contributed by atoms with E-state index in [0.29, 0.717) is 11.4 Å². The van der Waals surface area contributed by atoms with Crippen molar-refractivity contribution < 1.29 is 19.4 Å². The Labute approximate surface area is 109 Å². The van der Waals surface area contributed by atoms with Gasteiger partial charge in [0, 0.05) is 6.92 Å². The molecule has 0 saturated carbocycles. The summed E-state index contributed by atoms with van der Waals surface area (Å²) < 4.78 is 5.06. The molecule has 1 amide bonds. The third-order valence-electron chi connectivity index (χ3n) is 1.98. The minimum absolute atomic E-state index is 0.0725. The van der Waals surface area contributed by atoms with Gasteiger partial charge in [0.15, 0.2) is 5.11 Å². The van der Waals surface area contributed by atoms with E-state index in [1.54, 1.807) is 0 Å². The largest absolute Gasteiger partial charge is 0.495 e. The van der Waals surface area contributed by atoms with Gasteiger partial charge in [-0.05, 0) is 30.4 Å². The zero-order valence-corrected chi connectivity index (χ0v) is 10.6. The van der Waals surface area contributed by atoms with Crippen LogP contribution in [0.5, 0.6) is 5.75 Å². The summed E-state index contributed by atoms with van der Waals surface area (Å²) >= 11 is 4.88. The maximum absolute atomic E-state index is 10.8. The lowest BCUT2D eigenvalue weighted by molar-refractivity contribution is -0.117. The normalized spacial score (nSPS) is 9.44. The summed E-state index contributed by atoms with van der Waals surface area (Å²) in [5.41, 5.74) is 0.458. The quantitative estimate of drug-likeness (QED) is 0.715. The number of thiocarbonyl (C=S) groups is 1. The molecule has 0 saturated heterocycles. The number of carboxylic acid groups (broad SMARTS) is 1. The second kappa shape index (κ2) is 5.97. The number of carboxylic acids is 1. The first-order chi connectivity index (χ1) is 8.43. The fraction of sp³-hybridized carbons (Fsp3) is 0.182. The van der Waals surface area contributed by atoms with Crippen molar-refractivity contribution >= 4 is 34.9 Å². The van der Waals surface area contributed by atoms with Gasteiger partial charge in [-0.3, -0.25) is 4.79 Å². The third-order valence-corrected chi connectivity index (χ3v) is 2.19. The van der Waals surface area contributed by atoms with Crippen molar-refractivity contribution in [2.75, 3.05) is 12.4 Å². The molecule has 7 heteroatoms. The van der Waals surface area contributed by atoms with Crippen LogP contribution < -0.4 is 15.4 Å². The Morgan fingerprint density at radius 1 is 1.39 bits per heavy atom. The average molecular weight is 268 g/mol. The summed E-state index contributed by atoms with van der Waals surface area (Å²) in [6.07, 6.45) is 0. The van der Waals surface area contributed by atoms with Gasteiger partial charge in [-0.15, -0.1) is 0 Å². The number of benzene rings is 1. The molecule has 0 unspecified atom stereocenters. The number of carbonyl (C=O) groups excluding carboxylic acids is 1. The number of ether oxygens (including phenoxy) is 1. The first-order valence-electron chi connectivity index (χ1n) is 4.94. The zero-order chi connectivity index (χ0) is 13.7. The average Bonchev–Trinajstić information content (AvgIpc) is 2.27. The highest BCUT2D eigenvalue weighted by atomic mass is 32.1. The van der Waals surface area contributed by atoms with E-state index in [9.17, 15) is 9.59 Å². The van der Waals surface area contributed by atoms with E-state index in [2.05, 4.69) is 10.6 Å². The molecule has 0 heterocycles. The van der Waals surface area contributed by atoms with Gasteiger partial charge in [-0.25, -0.2) is 4.79 Å². The van der Waals surface area contributed by atoms with E-state index < -0.39 is 5.97 Å². The first-order valence-corrected chi connectivity index (χ1v) is 5.34. The number of carbonyl (C=O) groups is 2. The Morgan fingerprint density at radius 2 is 2.06 bits per heavy atom. The molecule has 3 N–H and O–H groups in total. The van der Waals surface area contributed by atoms with E-state index in [1.807, 2.05) is 0 Å². The molecule has 0 aromatic heterocycles. The van der Waals surface area contributed by atoms with Crippen molar-refractivity contribution in [3.63, 3.8) is 0 Å². The van der Waals surface area contributed by atoms with Gasteiger partial charge in [0.25, 0.3) is 0 Å². The Morgan fingerprint density at radius 3 is 2.56 bits per heavy atom. The Bertz CT molecular complexity index is 502. The number of hydrogen-bond acceptors (Lipinski definition) is 4. The van der Waals surface area contributed by atoms with E-state index in [4.69, 9.17) is 22.1 Å². The lowest BCUT2D eigenvalue weighted by atomic mass is 10.2. The fourth-order valence-electron chi connectivity index (χ4n) is 1.25. The van der Waals surface area contributed by atoms with Gasteiger partial charge in [0.05, 0.1) is 18.4 Å². The number of methoxy groups -OCH3 is 1. The molecule has 6 nitrogen and oxygen atoms in total. The maximum atomic E-state index is 10.8. The highest BCUT2D eigenvalue weighted by Gasteiger charge is 2.10. The van der Waals surface area contributed by atoms with E-state index >= 15 is 0 Å². The molecular formula is C11H12N2O4S. The first kappa shape index (κ1) is 13.9. The number of rotatable bonds is 3. The van der Waals surface area contributed by atoms with Crippen LogP contribution in [-0.2, 0) is 4.79 Å². The van der Waals surface area contributed by atoms with Crippen LogP contribution in [0.2, 0.25) is 0 Å². The van der Waals surface area contributed by atoms with E-state index in [-0.39, 0.29) is 16.6 Å². The van der Waals surface area contributed by atoms with Gasteiger partial charge in [0.1, 0.15) is 5.75 Å². The van der Waals surface area contributed by atoms with Gasteiger partial charge >= 0.3 is 5.97 Å². The standard InChI is InChI=1S/C11H12N2O4S/c1-6(14)12-11(18)13-8-5-7(10(15)16)3-4-9(8)17-2/h3-5H,1-2H3,(H,15,16)(H2,12,13,14,18). The molecular weight excluding hydrogens is 256 g/mol.